The van der Waals surface area contributed by atoms with Gasteiger partial charge in [0.25, 0.3) is 5.91 Å². The number of thiophene rings is 1. The predicted molar refractivity (Wildman–Crippen MR) is 123 cm³/mol. The Labute approximate surface area is 191 Å². The molecule has 0 fully saturated rings. The number of hydrogen-bond acceptors (Lipinski definition) is 6. The van der Waals surface area contributed by atoms with Crippen molar-refractivity contribution >= 4 is 45.7 Å². The van der Waals surface area contributed by atoms with E-state index in [0.717, 1.165) is 22.6 Å². The Morgan fingerprint density at radius 2 is 1.90 bits per heavy atom. The smallest absolute Gasteiger partial charge is 0.341 e. The lowest BCUT2D eigenvalue weighted by molar-refractivity contribution is -0.116. The first kappa shape index (κ1) is 24.7. The summed E-state index contributed by atoms with van der Waals surface area (Å²) in [5.41, 5.74) is 1.64. The molecule has 1 heterocycles. The van der Waals surface area contributed by atoms with Crippen molar-refractivity contribution in [2.45, 2.75) is 33.6 Å². The SMILES string of the molecule is CCOC(=O)c1c(NC(=O)CCCOc2ccc(Cl)cc2C)sc(C(=O)N(C)C)c1C. The van der Waals surface area contributed by atoms with Crippen molar-refractivity contribution in [3.63, 3.8) is 0 Å². The molecule has 0 aliphatic rings. The van der Waals surface area contributed by atoms with E-state index < -0.39 is 5.97 Å². The number of rotatable bonds is 9. The number of benzene rings is 1. The second kappa shape index (κ2) is 11.2. The largest absolute Gasteiger partial charge is 0.493 e. The van der Waals surface area contributed by atoms with E-state index in [0.29, 0.717) is 33.5 Å². The highest BCUT2D eigenvalue weighted by molar-refractivity contribution is 7.18. The number of hydrogen-bond donors (Lipinski definition) is 1. The van der Waals surface area contributed by atoms with Gasteiger partial charge in [-0.25, -0.2) is 4.79 Å². The summed E-state index contributed by atoms with van der Waals surface area (Å²) < 4.78 is 10.8. The number of carbonyl (C=O) groups excluding carboxylic acids is 3. The van der Waals surface area contributed by atoms with Gasteiger partial charge in [-0.1, -0.05) is 11.6 Å². The van der Waals surface area contributed by atoms with Crippen molar-refractivity contribution in [3.8, 4) is 5.75 Å². The number of ether oxygens (including phenoxy) is 2. The standard InChI is InChI=1S/C22H27ClN2O5S/c1-6-29-22(28)18-14(3)19(21(27)25(4)5)31-20(18)24-17(26)8-7-11-30-16-10-9-15(23)12-13(16)2/h9-10,12H,6-8,11H2,1-5H3,(H,24,26). The maximum absolute atomic E-state index is 12.5. The highest BCUT2D eigenvalue weighted by atomic mass is 35.5. The van der Waals surface area contributed by atoms with Gasteiger partial charge in [-0.05, 0) is 56.5 Å². The third-order valence-electron chi connectivity index (χ3n) is 4.42. The maximum atomic E-state index is 12.5. The van der Waals surface area contributed by atoms with Gasteiger partial charge < -0.3 is 19.7 Å². The highest BCUT2D eigenvalue weighted by Gasteiger charge is 2.27. The van der Waals surface area contributed by atoms with Gasteiger partial charge in [0.05, 0.1) is 23.7 Å². The van der Waals surface area contributed by atoms with Gasteiger partial charge in [0.2, 0.25) is 5.91 Å². The van der Waals surface area contributed by atoms with E-state index in [1.54, 1.807) is 40.1 Å². The molecule has 31 heavy (non-hydrogen) atoms. The van der Waals surface area contributed by atoms with Crippen LogP contribution >= 0.6 is 22.9 Å². The van der Waals surface area contributed by atoms with E-state index in [2.05, 4.69) is 5.32 Å². The van der Waals surface area contributed by atoms with Crippen molar-refractivity contribution in [2.75, 3.05) is 32.6 Å². The van der Waals surface area contributed by atoms with Crippen LogP contribution in [0.5, 0.6) is 5.75 Å². The highest BCUT2D eigenvalue weighted by Crippen LogP contribution is 2.34. The van der Waals surface area contributed by atoms with E-state index in [1.807, 2.05) is 13.0 Å². The van der Waals surface area contributed by atoms with E-state index in [9.17, 15) is 14.4 Å². The molecule has 1 aromatic heterocycles. The average Bonchev–Trinajstić information content (AvgIpc) is 3.01. The normalized spacial score (nSPS) is 10.5. The number of carbonyl (C=O) groups is 3. The predicted octanol–water partition coefficient (Wildman–Crippen LogP) is 4.69. The fraction of sp³-hybridized carbons (Fsp3) is 0.409. The zero-order chi connectivity index (χ0) is 23.1. The Morgan fingerprint density at radius 3 is 2.52 bits per heavy atom. The van der Waals surface area contributed by atoms with E-state index in [1.165, 1.54) is 4.90 Å². The van der Waals surface area contributed by atoms with E-state index in [4.69, 9.17) is 21.1 Å². The number of aryl methyl sites for hydroxylation is 1. The van der Waals surface area contributed by atoms with Crippen LogP contribution in [0.3, 0.4) is 0 Å². The number of esters is 1. The number of amides is 2. The van der Waals surface area contributed by atoms with Crippen molar-refractivity contribution in [2.24, 2.45) is 0 Å². The molecule has 0 atom stereocenters. The first-order valence-corrected chi connectivity index (χ1v) is 11.1. The molecular weight excluding hydrogens is 440 g/mol. The molecule has 7 nitrogen and oxygen atoms in total. The van der Waals surface area contributed by atoms with Crippen LogP contribution in [0.15, 0.2) is 18.2 Å². The summed E-state index contributed by atoms with van der Waals surface area (Å²) in [4.78, 5) is 39.2. The third-order valence-corrected chi connectivity index (χ3v) is 5.85. The molecule has 0 bridgehead atoms. The summed E-state index contributed by atoms with van der Waals surface area (Å²) in [6.45, 7) is 5.83. The molecule has 2 amide bonds. The minimum Gasteiger partial charge on any atom is -0.493 e. The number of anilines is 1. The molecule has 168 valence electrons. The first-order chi connectivity index (χ1) is 14.6. The molecule has 0 saturated heterocycles. The minimum absolute atomic E-state index is 0.194. The summed E-state index contributed by atoms with van der Waals surface area (Å²) in [6, 6.07) is 5.35. The lowest BCUT2D eigenvalue weighted by atomic mass is 10.1. The van der Waals surface area contributed by atoms with E-state index >= 15 is 0 Å². The second-order valence-electron chi connectivity index (χ2n) is 7.09. The molecule has 2 aromatic rings. The fourth-order valence-electron chi connectivity index (χ4n) is 2.84. The molecule has 0 spiro atoms. The molecule has 0 unspecified atom stereocenters. The zero-order valence-corrected chi connectivity index (χ0v) is 19.9. The Morgan fingerprint density at radius 1 is 1.19 bits per heavy atom. The summed E-state index contributed by atoms with van der Waals surface area (Å²) in [5, 5.41) is 3.72. The third kappa shape index (κ3) is 6.45. The Bertz CT molecular complexity index is 971. The second-order valence-corrected chi connectivity index (χ2v) is 8.55. The van der Waals surface area contributed by atoms with Crippen molar-refractivity contribution in [1.82, 2.24) is 4.90 Å². The average molecular weight is 467 g/mol. The monoisotopic (exact) mass is 466 g/mol. The summed E-state index contributed by atoms with van der Waals surface area (Å²) in [7, 11) is 3.26. The molecule has 1 N–H and O–H groups in total. The van der Waals surface area contributed by atoms with Crippen molar-refractivity contribution in [3.05, 3.63) is 44.8 Å². The Hall–Kier alpha value is -2.58. The van der Waals surface area contributed by atoms with Crippen LogP contribution in [0.2, 0.25) is 5.02 Å². The minimum atomic E-state index is -0.564. The summed E-state index contributed by atoms with van der Waals surface area (Å²) >= 11 is 7.01. The van der Waals surface area contributed by atoms with E-state index in [-0.39, 0.29) is 30.4 Å². The zero-order valence-electron chi connectivity index (χ0n) is 18.3. The van der Waals surface area contributed by atoms with Crippen LogP contribution in [-0.4, -0.2) is 50.0 Å². The lowest BCUT2D eigenvalue weighted by Crippen LogP contribution is -2.21. The molecule has 9 heteroatoms. The maximum Gasteiger partial charge on any atom is 0.341 e. The summed E-state index contributed by atoms with van der Waals surface area (Å²) in [6.07, 6.45) is 0.680. The molecular formula is C22H27ClN2O5S. The van der Waals surface area contributed by atoms with Crippen LogP contribution in [0.1, 0.15) is 50.9 Å². The van der Waals surface area contributed by atoms with Gasteiger partial charge in [-0.3, -0.25) is 9.59 Å². The van der Waals surface area contributed by atoms with Gasteiger partial charge in [0.1, 0.15) is 10.8 Å². The number of nitrogens with one attached hydrogen (secondary N) is 1. The van der Waals surface area contributed by atoms with Crippen molar-refractivity contribution in [1.29, 1.82) is 0 Å². The first-order valence-electron chi connectivity index (χ1n) is 9.86. The fourth-order valence-corrected chi connectivity index (χ4v) is 4.30. The van der Waals surface area contributed by atoms with Gasteiger partial charge in [-0.2, -0.15) is 0 Å². The van der Waals surface area contributed by atoms with Gasteiger partial charge >= 0.3 is 5.97 Å². The molecule has 0 aliphatic carbocycles. The van der Waals surface area contributed by atoms with Crippen LogP contribution in [0, 0.1) is 13.8 Å². The number of nitrogens with zero attached hydrogens (tertiary/aromatic N) is 1. The molecule has 0 radical (unpaired) electrons. The van der Waals surface area contributed by atoms with Gasteiger partial charge in [-0.15, -0.1) is 11.3 Å². The molecule has 2 rings (SSSR count). The van der Waals surface area contributed by atoms with Crippen LogP contribution < -0.4 is 10.1 Å². The molecule has 1 aromatic carbocycles. The number of halogens is 1. The molecule has 0 saturated carbocycles. The lowest BCUT2D eigenvalue weighted by Gasteiger charge is -2.10. The topological polar surface area (TPSA) is 84.9 Å². The van der Waals surface area contributed by atoms with Crippen LogP contribution in [0.4, 0.5) is 5.00 Å². The molecule has 0 aliphatic heterocycles. The van der Waals surface area contributed by atoms with Gasteiger partial charge in [0.15, 0.2) is 0 Å². The summed E-state index contributed by atoms with van der Waals surface area (Å²) in [5.74, 6) is -0.353. The van der Waals surface area contributed by atoms with Crippen LogP contribution in [-0.2, 0) is 9.53 Å². The van der Waals surface area contributed by atoms with Crippen molar-refractivity contribution < 1.29 is 23.9 Å². The van der Waals surface area contributed by atoms with Gasteiger partial charge in [0, 0.05) is 25.5 Å². The Kier molecular flexibility index (Phi) is 8.88. The Balaban J connectivity index is 2.04. The quantitative estimate of drug-likeness (QED) is 0.428. The van der Waals surface area contributed by atoms with Crippen LogP contribution in [0.25, 0.3) is 0 Å².